The summed E-state index contributed by atoms with van der Waals surface area (Å²) in [5, 5.41) is 6.48. The van der Waals surface area contributed by atoms with Crippen LogP contribution in [0.4, 0.5) is 0 Å². The maximum absolute atomic E-state index is 12.0. The van der Waals surface area contributed by atoms with Crippen LogP contribution in [0.3, 0.4) is 0 Å². The molecule has 0 aromatic rings. The van der Waals surface area contributed by atoms with Crippen LogP contribution >= 0.6 is 11.8 Å². The summed E-state index contributed by atoms with van der Waals surface area (Å²) in [5.74, 6) is 1.84. The second-order valence-electron chi connectivity index (χ2n) is 5.36. The van der Waals surface area contributed by atoms with Crippen LogP contribution < -0.4 is 10.6 Å². The van der Waals surface area contributed by atoms with Gasteiger partial charge in [0.1, 0.15) is 0 Å². The molecule has 0 aromatic heterocycles. The third-order valence-electron chi connectivity index (χ3n) is 4.18. The van der Waals surface area contributed by atoms with Crippen LogP contribution in [0.25, 0.3) is 0 Å². The molecule has 0 bridgehead atoms. The van der Waals surface area contributed by atoms with Gasteiger partial charge in [-0.25, -0.2) is 0 Å². The molecule has 4 heteroatoms. The fraction of sp³-hybridized carbons (Fsp3) is 0.923. The maximum atomic E-state index is 12.0. The highest BCUT2D eigenvalue weighted by atomic mass is 32.2. The molecule has 1 aliphatic carbocycles. The summed E-state index contributed by atoms with van der Waals surface area (Å²) in [7, 11) is 0. The standard InChI is InChI=1S/C13H24N2OS/c1-17-9-3-2-6-15-12(16)11-10-13(11)4-7-14-8-5-13/h11,14H,2-10H2,1H3,(H,15,16)/t11-/m1/s1. The van der Waals surface area contributed by atoms with Crippen molar-refractivity contribution in [3.8, 4) is 0 Å². The number of hydrogen-bond donors (Lipinski definition) is 2. The molecule has 98 valence electrons. The fourth-order valence-corrected chi connectivity index (χ4v) is 3.39. The highest BCUT2D eigenvalue weighted by Crippen LogP contribution is 2.58. The van der Waals surface area contributed by atoms with E-state index in [0.29, 0.717) is 17.2 Å². The van der Waals surface area contributed by atoms with Crippen molar-refractivity contribution in [3.05, 3.63) is 0 Å². The van der Waals surface area contributed by atoms with Crippen LogP contribution in [0.1, 0.15) is 32.1 Å². The average Bonchev–Trinajstić information content (AvgIpc) is 3.03. The molecular formula is C13H24N2OS. The molecule has 2 N–H and O–H groups in total. The molecule has 17 heavy (non-hydrogen) atoms. The Kier molecular flexibility index (Phi) is 4.74. The van der Waals surface area contributed by atoms with Gasteiger partial charge < -0.3 is 10.6 Å². The molecule has 1 heterocycles. The Hall–Kier alpha value is -0.220. The van der Waals surface area contributed by atoms with E-state index in [1.54, 1.807) is 0 Å². The number of rotatable bonds is 6. The molecular weight excluding hydrogens is 232 g/mol. The highest BCUT2D eigenvalue weighted by molar-refractivity contribution is 7.98. The Bertz CT molecular complexity index is 264. The zero-order chi connectivity index (χ0) is 12.1. The quantitative estimate of drug-likeness (QED) is 0.710. The minimum Gasteiger partial charge on any atom is -0.356 e. The Morgan fingerprint density at radius 2 is 2.18 bits per heavy atom. The number of unbranched alkanes of at least 4 members (excludes halogenated alkanes) is 1. The normalized spacial score (nSPS) is 25.8. The van der Waals surface area contributed by atoms with Crippen molar-refractivity contribution in [3.63, 3.8) is 0 Å². The number of thioether (sulfide) groups is 1. The van der Waals surface area contributed by atoms with Crippen LogP contribution in [-0.4, -0.2) is 37.6 Å². The Morgan fingerprint density at radius 3 is 2.88 bits per heavy atom. The van der Waals surface area contributed by atoms with Crippen LogP contribution in [0, 0.1) is 11.3 Å². The lowest BCUT2D eigenvalue weighted by atomic mass is 9.92. The second kappa shape index (κ2) is 6.10. The minimum atomic E-state index is 0.316. The topological polar surface area (TPSA) is 41.1 Å². The van der Waals surface area contributed by atoms with Crippen LogP contribution in [0.15, 0.2) is 0 Å². The predicted molar refractivity (Wildman–Crippen MR) is 73.3 cm³/mol. The number of amides is 1. The minimum absolute atomic E-state index is 0.316. The Balaban J connectivity index is 1.61. The van der Waals surface area contributed by atoms with Gasteiger partial charge in [-0.15, -0.1) is 0 Å². The van der Waals surface area contributed by atoms with Gasteiger partial charge in [0.15, 0.2) is 0 Å². The van der Waals surface area contributed by atoms with Gasteiger partial charge in [-0.2, -0.15) is 11.8 Å². The highest BCUT2D eigenvalue weighted by Gasteiger charge is 2.57. The van der Waals surface area contributed by atoms with Gasteiger partial charge in [-0.3, -0.25) is 4.79 Å². The first-order valence-electron chi connectivity index (χ1n) is 6.76. The van der Waals surface area contributed by atoms with E-state index in [-0.39, 0.29) is 0 Å². The first-order chi connectivity index (χ1) is 8.28. The molecule has 0 radical (unpaired) electrons. The van der Waals surface area contributed by atoms with Crippen molar-refractivity contribution in [2.75, 3.05) is 31.6 Å². The fourth-order valence-electron chi connectivity index (χ4n) is 2.90. The first kappa shape index (κ1) is 13.2. The molecule has 2 rings (SSSR count). The molecule has 1 saturated heterocycles. The van der Waals surface area contributed by atoms with E-state index >= 15 is 0 Å². The molecule has 1 atom stereocenters. The Labute approximate surface area is 108 Å². The number of carbonyl (C=O) groups excluding carboxylic acids is 1. The second-order valence-corrected chi connectivity index (χ2v) is 6.35. The van der Waals surface area contributed by atoms with Gasteiger partial charge in [-0.05, 0) is 62.6 Å². The molecule has 2 fully saturated rings. The number of piperidine rings is 1. The van der Waals surface area contributed by atoms with Gasteiger partial charge >= 0.3 is 0 Å². The molecule has 0 unspecified atom stereocenters. The molecule has 1 amide bonds. The number of nitrogens with one attached hydrogen (secondary N) is 2. The van der Waals surface area contributed by atoms with Crippen molar-refractivity contribution in [1.29, 1.82) is 0 Å². The lowest BCUT2D eigenvalue weighted by Gasteiger charge is -2.23. The van der Waals surface area contributed by atoms with Crippen LogP contribution in [0.5, 0.6) is 0 Å². The van der Waals surface area contributed by atoms with Crippen molar-refractivity contribution in [1.82, 2.24) is 10.6 Å². The molecule has 1 spiro atoms. The average molecular weight is 256 g/mol. The number of hydrogen-bond acceptors (Lipinski definition) is 3. The summed E-state index contributed by atoms with van der Waals surface area (Å²) in [4.78, 5) is 12.0. The van der Waals surface area contributed by atoms with E-state index in [0.717, 1.165) is 32.5 Å². The Morgan fingerprint density at radius 1 is 1.41 bits per heavy atom. The predicted octanol–water partition coefficient (Wildman–Crippen LogP) is 1.64. The van der Waals surface area contributed by atoms with Crippen molar-refractivity contribution < 1.29 is 4.79 Å². The third-order valence-corrected chi connectivity index (χ3v) is 4.88. The molecule has 0 aromatic carbocycles. The van der Waals surface area contributed by atoms with Gasteiger partial charge in [0.2, 0.25) is 5.91 Å². The van der Waals surface area contributed by atoms with Crippen molar-refractivity contribution in [2.45, 2.75) is 32.1 Å². The zero-order valence-electron chi connectivity index (χ0n) is 10.8. The maximum Gasteiger partial charge on any atom is 0.223 e. The van der Waals surface area contributed by atoms with Gasteiger partial charge in [0.05, 0.1) is 0 Å². The van der Waals surface area contributed by atoms with Gasteiger partial charge in [-0.1, -0.05) is 0 Å². The van der Waals surface area contributed by atoms with E-state index in [1.807, 2.05) is 11.8 Å². The molecule has 1 aliphatic heterocycles. The monoisotopic (exact) mass is 256 g/mol. The third kappa shape index (κ3) is 3.38. The molecule has 3 nitrogen and oxygen atoms in total. The summed E-state index contributed by atoms with van der Waals surface area (Å²) in [6.45, 7) is 3.05. The zero-order valence-corrected chi connectivity index (χ0v) is 11.6. The van der Waals surface area contributed by atoms with E-state index in [2.05, 4.69) is 16.9 Å². The smallest absolute Gasteiger partial charge is 0.223 e. The van der Waals surface area contributed by atoms with E-state index in [1.165, 1.54) is 25.0 Å². The summed E-state index contributed by atoms with van der Waals surface area (Å²) in [6, 6.07) is 0. The van der Waals surface area contributed by atoms with E-state index in [9.17, 15) is 4.79 Å². The van der Waals surface area contributed by atoms with Crippen LogP contribution in [-0.2, 0) is 4.79 Å². The SMILES string of the molecule is CSCCCCNC(=O)[C@H]1CC12CCNCC2. The lowest BCUT2D eigenvalue weighted by molar-refractivity contribution is -0.123. The summed E-state index contributed by atoms with van der Waals surface area (Å²) in [6.07, 6.45) is 7.97. The van der Waals surface area contributed by atoms with Crippen molar-refractivity contribution >= 4 is 17.7 Å². The first-order valence-corrected chi connectivity index (χ1v) is 8.15. The number of carbonyl (C=O) groups is 1. The lowest BCUT2D eigenvalue weighted by Crippen LogP contribution is -2.34. The van der Waals surface area contributed by atoms with Gasteiger partial charge in [0.25, 0.3) is 0 Å². The summed E-state index contributed by atoms with van der Waals surface area (Å²) in [5.41, 5.74) is 0.384. The van der Waals surface area contributed by atoms with Gasteiger partial charge in [0, 0.05) is 12.5 Å². The largest absolute Gasteiger partial charge is 0.356 e. The van der Waals surface area contributed by atoms with E-state index in [4.69, 9.17) is 0 Å². The molecule has 2 aliphatic rings. The summed E-state index contributed by atoms with van der Waals surface area (Å²) < 4.78 is 0. The van der Waals surface area contributed by atoms with E-state index < -0.39 is 0 Å². The van der Waals surface area contributed by atoms with Crippen molar-refractivity contribution in [2.24, 2.45) is 11.3 Å². The summed E-state index contributed by atoms with van der Waals surface area (Å²) >= 11 is 1.88. The molecule has 1 saturated carbocycles. The van der Waals surface area contributed by atoms with Crippen LogP contribution in [0.2, 0.25) is 0 Å².